The molecule has 1 aromatic heterocycles. The zero-order valence-corrected chi connectivity index (χ0v) is 11.0. The van der Waals surface area contributed by atoms with Crippen LogP contribution >= 0.6 is 12.6 Å². The van der Waals surface area contributed by atoms with Crippen molar-refractivity contribution >= 4 is 23.5 Å². The first-order chi connectivity index (χ1) is 8.34. The number of hydrogen-bond donors (Lipinski definition) is 2. The first-order valence-corrected chi connectivity index (χ1v) is 7.08. The van der Waals surface area contributed by atoms with Gasteiger partial charge in [0, 0.05) is 10.9 Å². The summed E-state index contributed by atoms with van der Waals surface area (Å²) in [5.74, 6) is 0.869. The molecule has 1 nitrogen and oxygen atoms in total. The minimum Gasteiger partial charge on any atom is -0.350 e. The summed E-state index contributed by atoms with van der Waals surface area (Å²) in [6.07, 6.45) is 8.24. The lowest BCUT2D eigenvalue weighted by Gasteiger charge is -2.21. The van der Waals surface area contributed by atoms with E-state index in [2.05, 4.69) is 41.9 Å². The number of thiol groups is 1. The van der Waals surface area contributed by atoms with Crippen molar-refractivity contribution in [3.05, 3.63) is 29.8 Å². The number of rotatable bonds is 2. The highest BCUT2D eigenvalue weighted by atomic mass is 32.1. The number of aromatic amines is 1. The Morgan fingerprint density at radius 1 is 1.12 bits per heavy atom. The molecule has 1 aliphatic rings. The fraction of sp³-hybridized carbons (Fsp3) is 0.467. The van der Waals surface area contributed by atoms with Gasteiger partial charge in [-0.1, -0.05) is 50.3 Å². The third-order valence-electron chi connectivity index (χ3n) is 4.01. The molecule has 2 heteroatoms. The summed E-state index contributed by atoms with van der Waals surface area (Å²) in [5, 5.41) is 2.43. The summed E-state index contributed by atoms with van der Waals surface area (Å²) in [5.41, 5.74) is 2.65. The van der Waals surface area contributed by atoms with Crippen molar-refractivity contribution in [2.45, 2.75) is 43.6 Å². The van der Waals surface area contributed by atoms with Gasteiger partial charge in [0.25, 0.3) is 0 Å². The summed E-state index contributed by atoms with van der Waals surface area (Å²) in [6.45, 7) is 0. The highest BCUT2D eigenvalue weighted by Gasteiger charge is 2.17. The van der Waals surface area contributed by atoms with Gasteiger partial charge in [-0.05, 0) is 24.0 Å². The molecule has 0 aliphatic heterocycles. The molecule has 0 bridgehead atoms. The number of hydrogen-bond acceptors (Lipinski definition) is 1. The van der Waals surface area contributed by atoms with Gasteiger partial charge in [0.2, 0.25) is 0 Å². The standard InChI is InChI=1S/C15H19NS/c17-15-13(10-11-6-2-1-3-7-11)12-8-4-5-9-14(12)16-15/h4-5,8-9,11,16-17H,1-3,6-7,10H2. The van der Waals surface area contributed by atoms with E-state index in [0.717, 1.165) is 10.9 Å². The molecule has 2 aromatic rings. The second-order valence-electron chi connectivity index (χ2n) is 5.21. The van der Waals surface area contributed by atoms with Crippen LogP contribution in [0.4, 0.5) is 0 Å². The summed E-state index contributed by atoms with van der Waals surface area (Å²) >= 11 is 4.60. The SMILES string of the molecule is Sc1[nH]c2ccccc2c1CC1CCCCC1. The highest BCUT2D eigenvalue weighted by molar-refractivity contribution is 7.80. The van der Waals surface area contributed by atoms with Crippen molar-refractivity contribution in [2.24, 2.45) is 5.92 Å². The number of nitrogens with one attached hydrogen (secondary N) is 1. The molecule has 1 heterocycles. The van der Waals surface area contributed by atoms with Crippen LogP contribution in [0.15, 0.2) is 29.3 Å². The zero-order chi connectivity index (χ0) is 11.7. The van der Waals surface area contributed by atoms with Crippen LogP contribution in [0, 0.1) is 5.92 Å². The van der Waals surface area contributed by atoms with Crippen LogP contribution in [0.1, 0.15) is 37.7 Å². The van der Waals surface area contributed by atoms with Crippen LogP contribution in [0.5, 0.6) is 0 Å². The van der Waals surface area contributed by atoms with Crippen LogP contribution in [0.2, 0.25) is 0 Å². The third-order valence-corrected chi connectivity index (χ3v) is 4.39. The van der Waals surface area contributed by atoms with Gasteiger partial charge >= 0.3 is 0 Å². The second-order valence-corrected chi connectivity index (χ2v) is 5.65. The zero-order valence-electron chi connectivity index (χ0n) is 10.1. The molecule has 1 N–H and O–H groups in total. The highest BCUT2D eigenvalue weighted by Crippen LogP contribution is 2.32. The van der Waals surface area contributed by atoms with Gasteiger partial charge < -0.3 is 4.98 Å². The van der Waals surface area contributed by atoms with E-state index in [0.29, 0.717) is 0 Å². The average Bonchev–Trinajstić information content (AvgIpc) is 2.68. The summed E-state index contributed by atoms with van der Waals surface area (Å²) in [7, 11) is 0. The van der Waals surface area contributed by atoms with Crippen LogP contribution in [-0.4, -0.2) is 4.98 Å². The molecule has 1 saturated carbocycles. The summed E-state index contributed by atoms with van der Waals surface area (Å²) in [4.78, 5) is 3.38. The molecule has 90 valence electrons. The van der Waals surface area contributed by atoms with Gasteiger partial charge in [0.05, 0.1) is 5.03 Å². The fourth-order valence-electron chi connectivity index (χ4n) is 3.07. The quantitative estimate of drug-likeness (QED) is 0.720. The van der Waals surface area contributed by atoms with Crippen LogP contribution in [-0.2, 0) is 6.42 Å². The van der Waals surface area contributed by atoms with E-state index in [9.17, 15) is 0 Å². The Morgan fingerprint density at radius 3 is 2.71 bits per heavy atom. The van der Waals surface area contributed by atoms with Crippen molar-refractivity contribution in [2.75, 3.05) is 0 Å². The Labute approximate surface area is 108 Å². The van der Waals surface area contributed by atoms with Crippen LogP contribution < -0.4 is 0 Å². The number of H-pyrrole nitrogens is 1. The van der Waals surface area contributed by atoms with E-state index in [-0.39, 0.29) is 0 Å². The van der Waals surface area contributed by atoms with Crippen molar-refractivity contribution < 1.29 is 0 Å². The van der Waals surface area contributed by atoms with Crippen LogP contribution in [0.3, 0.4) is 0 Å². The largest absolute Gasteiger partial charge is 0.350 e. The Kier molecular flexibility index (Phi) is 3.15. The Bertz CT molecular complexity index is 509. The normalized spacial score (nSPS) is 17.7. The lowest BCUT2D eigenvalue weighted by molar-refractivity contribution is 0.356. The van der Waals surface area contributed by atoms with E-state index in [1.807, 2.05) is 0 Å². The van der Waals surface area contributed by atoms with Gasteiger partial charge in [-0.2, -0.15) is 0 Å². The van der Waals surface area contributed by atoms with E-state index in [1.54, 1.807) is 0 Å². The third kappa shape index (κ3) is 2.23. The molecule has 0 spiro atoms. The van der Waals surface area contributed by atoms with Gasteiger partial charge in [-0.3, -0.25) is 0 Å². The van der Waals surface area contributed by atoms with E-state index < -0.39 is 0 Å². The van der Waals surface area contributed by atoms with Crippen LogP contribution in [0.25, 0.3) is 10.9 Å². The molecule has 0 atom stereocenters. The molecule has 0 unspecified atom stereocenters. The van der Waals surface area contributed by atoms with E-state index in [4.69, 9.17) is 0 Å². The predicted octanol–water partition coefficient (Wildman–Crippen LogP) is 4.58. The Hall–Kier alpha value is -0.890. The lowest BCUT2D eigenvalue weighted by Crippen LogP contribution is -2.09. The van der Waals surface area contributed by atoms with Gasteiger partial charge in [0.15, 0.2) is 0 Å². The summed E-state index contributed by atoms with van der Waals surface area (Å²) < 4.78 is 0. The number of aromatic nitrogens is 1. The number of fused-ring (bicyclic) bond motifs is 1. The maximum atomic E-state index is 4.60. The minimum atomic E-state index is 0.869. The first-order valence-electron chi connectivity index (χ1n) is 6.63. The summed E-state index contributed by atoms with van der Waals surface area (Å²) in [6, 6.07) is 8.55. The molecule has 1 aliphatic carbocycles. The Balaban J connectivity index is 1.90. The maximum absolute atomic E-state index is 4.60. The van der Waals surface area contributed by atoms with E-state index in [1.165, 1.54) is 55.0 Å². The van der Waals surface area contributed by atoms with Crippen molar-refractivity contribution in [3.8, 4) is 0 Å². The molecule has 1 fully saturated rings. The number of para-hydroxylation sites is 1. The molecule has 1 aromatic carbocycles. The smallest absolute Gasteiger partial charge is 0.0734 e. The van der Waals surface area contributed by atoms with Crippen molar-refractivity contribution in [1.29, 1.82) is 0 Å². The van der Waals surface area contributed by atoms with Gasteiger partial charge in [0.1, 0.15) is 0 Å². The van der Waals surface area contributed by atoms with Gasteiger partial charge in [-0.25, -0.2) is 0 Å². The monoisotopic (exact) mass is 245 g/mol. The molecule has 17 heavy (non-hydrogen) atoms. The maximum Gasteiger partial charge on any atom is 0.0734 e. The molecule has 3 rings (SSSR count). The minimum absolute atomic E-state index is 0.869. The average molecular weight is 245 g/mol. The molecule has 0 saturated heterocycles. The fourth-order valence-corrected chi connectivity index (χ4v) is 3.40. The lowest BCUT2D eigenvalue weighted by atomic mass is 9.85. The van der Waals surface area contributed by atoms with E-state index >= 15 is 0 Å². The van der Waals surface area contributed by atoms with Crippen molar-refractivity contribution in [3.63, 3.8) is 0 Å². The molecular weight excluding hydrogens is 226 g/mol. The molecule has 0 radical (unpaired) electrons. The molecule has 0 amide bonds. The predicted molar refractivity (Wildman–Crippen MR) is 75.8 cm³/mol. The van der Waals surface area contributed by atoms with Crippen molar-refractivity contribution in [1.82, 2.24) is 4.98 Å². The van der Waals surface area contributed by atoms with Gasteiger partial charge in [-0.15, -0.1) is 12.6 Å². The Morgan fingerprint density at radius 2 is 1.88 bits per heavy atom. The topological polar surface area (TPSA) is 15.8 Å². The second kappa shape index (κ2) is 4.77. The number of benzene rings is 1. The first kappa shape index (κ1) is 11.2. The molecular formula is C15H19NS.